The molecule has 16 heteroatoms. The molecule has 152 valence electrons. The van der Waals surface area contributed by atoms with Crippen LogP contribution in [0.2, 0.25) is 0 Å². The third-order valence-electron chi connectivity index (χ3n) is 2.42. The van der Waals surface area contributed by atoms with Crippen LogP contribution in [-0.2, 0) is 4.79 Å². The van der Waals surface area contributed by atoms with Gasteiger partial charge in [0.25, 0.3) is 6.47 Å². The molecule has 0 aliphatic rings. The van der Waals surface area contributed by atoms with Crippen molar-refractivity contribution in [3.63, 3.8) is 0 Å². The fraction of sp³-hybridized carbons (Fsp3) is 0.889. The molecule has 0 heterocycles. The SMILES string of the molecule is O=CO.OCCC(F)(F)C(F)(F)C(F)(F)C(F)(F)C(F)(F)C(F)(F)F. The van der Waals surface area contributed by atoms with Gasteiger partial charge in [-0.05, 0) is 0 Å². The molecule has 0 aromatic carbocycles. The molecule has 0 radical (unpaired) electrons. The van der Waals surface area contributed by atoms with Gasteiger partial charge in [-0.3, -0.25) is 4.79 Å². The maximum absolute atomic E-state index is 12.8. The first-order valence-electron chi connectivity index (χ1n) is 5.37. The van der Waals surface area contributed by atoms with Crippen molar-refractivity contribution in [3.8, 4) is 0 Å². The fourth-order valence-electron chi connectivity index (χ4n) is 1.10. The Kier molecular flexibility index (Phi) is 7.63. The summed E-state index contributed by atoms with van der Waals surface area (Å²) in [5, 5.41) is 14.8. The van der Waals surface area contributed by atoms with Crippen LogP contribution in [0.5, 0.6) is 0 Å². The number of carboxylic acid groups (broad SMARTS) is 1. The summed E-state index contributed by atoms with van der Waals surface area (Å²) in [6.45, 7) is -2.21. The second-order valence-electron chi connectivity index (χ2n) is 4.08. The Morgan fingerprint density at radius 3 is 1.16 bits per heavy atom. The zero-order chi connectivity index (χ0) is 21.1. The van der Waals surface area contributed by atoms with Crippen molar-refractivity contribution in [3.05, 3.63) is 0 Å². The highest BCUT2D eigenvalue weighted by atomic mass is 19.4. The van der Waals surface area contributed by atoms with E-state index in [0.717, 1.165) is 0 Å². The Morgan fingerprint density at radius 1 is 0.640 bits per heavy atom. The van der Waals surface area contributed by atoms with Gasteiger partial charge in [-0.25, -0.2) is 0 Å². The fourth-order valence-corrected chi connectivity index (χ4v) is 1.10. The predicted molar refractivity (Wildman–Crippen MR) is 51.2 cm³/mol. The van der Waals surface area contributed by atoms with Gasteiger partial charge in [0.2, 0.25) is 0 Å². The van der Waals surface area contributed by atoms with Gasteiger partial charge >= 0.3 is 35.8 Å². The smallest absolute Gasteiger partial charge is 0.460 e. The normalized spacial score (nSPS) is 14.6. The number of aliphatic hydroxyl groups is 1. The van der Waals surface area contributed by atoms with Crippen LogP contribution in [-0.4, -0.2) is 59.1 Å². The lowest BCUT2D eigenvalue weighted by Crippen LogP contribution is -2.70. The van der Waals surface area contributed by atoms with E-state index in [2.05, 4.69) is 0 Å². The van der Waals surface area contributed by atoms with Crippen LogP contribution in [0.3, 0.4) is 0 Å². The molecule has 0 bridgehead atoms. The van der Waals surface area contributed by atoms with Gasteiger partial charge in [-0.2, -0.15) is 57.1 Å². The summed E-state index contributed by atoms with van der Waals surface area (Å²) in [4.78, 5) is 8.36. The van der Waals surface area contributed by atoms with E-state index in [0.29, 0.717) is 0 Å². The van der Waals surface area contributed by atoms with Crippen LogP contribution in [0.25, 0.3) is 0 Å². The summed E-state index contributed by atoms with van der Waals surface area (Å²) >= 11 is 0. The topological polar surface area (TPSA) is 57.5 Å². The van der Waals surface area contributed by atoms with Crippen molar-refractivity contribution in [2.24, 2.45) is 0 Å². The van der Waals surface area contributed by atoms with Gasteiger partial charge in [0, 0.05) is 13.0 Å². The maximum Gasteiger partial charge on any atom is 0.460 e. The molecule has 0 fully saturated rings. The third-order valence-corrected chi connectivity index (χ3v) is 2.42. The first-order valence-corrected chi connectivity index (χ1v) is 5.37. The second-order valence-corrected chi connectivity index (χ2v) is 4.08. The summed E-state index contributed by atoms with van der Waals surface area (Å²) < 4.78 is 161. The number of alkyl halides is 13. The van der Waals surface area contributed by atoms with Crippen molar-refractivity contribution in [2.45, 2.75) is 42.2 Å². The highest BCUT2D eigenvalue weighted by Gasteiger charge is 2.90. The number of rotatable bonds is 6. The molecule has 3 nitrogen and oxygen atoms in total. The van der Waals surface area contributed by atoms with Crippen LogP contribution in [0.4, 0.5) is 57.1 Å². The van der Waals surface area contributed by atoms with E-state index in [4.69, 9.17) is 15.0 Å². The Bertz CT molecular complexity index is 443. The maximum atomic E-state index is 12.8. The zero-order valence-electron chi connectivity index (χ0n) is 11.2. The lowest BCUT2D eigenvalue weighted by molar-refractivity contribution is -0.440. The van der Waals surface area contributed by atoms with E-state index in [1.807, 2.05) is 0 Å². The van der Waals surface area contributed by atoms with Crippen LogP contribution in [0.1, 0.15) is 6.42 Å². The van der Waals surface area contributed by atoms with E-state index in [9.17, 15) is 57.1 Å². The summed E-state index contributed by atoms with van der Waals surface area (Å²) in [5.74, 6) is -36.9. The van der Waals surface area contributed by atoms with Gasteiger partial charge in [-0.15, -0.1) is 0 Å². The first-order chi connectivity index (χ1) is 10.7. The Hall–Kier alpha value is -1.48. The molecule has 0 saturated heterocycles. The molecule has 0 saturated carbocycles. The Morgan fingerprint density at radius 2 is 0.920 bits per heavy atom. The number of hydrogen-bond donors (Lipinski definition) is 2. The molecule has 0 aliphatic carbocycles. The summed E-state index contributed by atoms with van der Waals surface area (Å²) in [6, 6.07) is 0. The molecule has 0 spiro atoms. The Labute approximate surface area is 129 Å². The molecule has 0 atom stereocenters. The molecular formula is C9H7F13O3. The molecular weight excluding hydrogens is 403 g/mol. The summed E-state index contributed by atoms with van der Waals surface area (Å²) in [6.07, 6.45) is -9.99. The van der Waals surface area contributed by atoms with Gasteiger partial charge in [-0.1, -0.05) is 0 Å². The highest BCUT2D eigenvalue weighted by Crippen LogP contribution is 2.60. The molecule has 0 amide bonds. The minimum Gasteiger partial charge on any atom is -0.483 e. The molecule has 0 aromatic heterocycles. The van der Waals surface area contributed by atoms with Crippen molar-refractivity contribution in [1.82, 2.24) is 0 Å². The quantitative estimate of drug-likeness (QED) is 0.518. The van der Waals surface area contributed by atoms with Crippen molar-refractivity contribution >= 4 is 6.47 Å². The van der Waals surface area contributed by atoms with E-state index >= 15 is 0 Å². The standard InChI is InChI=1S/C8H5F13O.CH2O2/c9-3(10,1-2-22)4(11,12)5(13,14)6(15,16)7(17,18)8(19,20)21;2-1-3/h22H,1-2H2;1H,(H,2,3). The van der Waals surface area contributed by atoms with Crippen molar-refractivity contribution in [1.29, 1.82) is 0 Å². The van der Waals surface area contributed by atoms with Crippen LogP contribution >= 0.6 is 0 Å². The largest absolute Gasteiger partial charge is 0.483 e. The van der Waals surface area contributed by atoms with Crippen molar-refractivity contribution < 1.29 is 72.1 Å². The molecule has 25 heavy (non-hydrogen) atoms. The predicted octanol–water partition coefficient (Wildman–Crippen LogP) is 3.81. The minimum absolute atomic E-state index is 0.250. The molecule has 0 aromatic rings. The number of halogens is 13. The average Bonchev–Trinajstić information content (AvgIpc) is 2.37. The number of hydrogen-bond acceptors (Lipinski definition) is 2. The molecule has 0 rings (SSSR count). The number of carbonyl (C=O) groups is 1. The van der Waals surface area contributed by atoms with E-state index in [1.54, 1.807) is 0 Å². The lowest BCUT2D eigenvalue weighted by atomic mass is 9.93. The van der Waals surface area contributed by atoms with Crippen molar-refractivity contribution in [2.75, 3.05) is 6.61 Å². The van der Waals surface area contributed by atoms with Crippen LogP contribution < -0.4 is 0 Å². The van der Waals surface area contributed by atoms with Crippen LogP contribution in [0, 0.1) is 0 Å². The highest BCUT2D eigenvalue weighted by molar-refractivity contribution is 5.32. The van der Waals surface area contributed by atoms with E-state index in [-0.39, 0.29) is 6.47 Å². The third kappa shape index (κ3) is 4.20. The monoisotopic (exact) mass is 410 g/mol. The first kappa shape index (κ1) is 25.8. The van der Waals surface area contributed by atoms with Gasteiger partial charge in [0.15, 0.2) is 0 Å². The zero-order valence-corrected chi connectivity index (χ0v) is 11.2. The minimum atomic E-state index is -7.89. The summed E-state index contributed by atoms with van der Waals surface area (Å²) in [7, 11) is 0. The second kappa shape index (κ2) is 7.41. The average molecular weight is 410 g/mol. The van der Waals surface area contributed by atoms with Gasteiger partial charge in [0.1, 0.15) is 0 Å². The Balaban J connectivity index is 0. The molecule has 0 unspecified atom stereocenters. The van der Waals surface area contributed by atoms with E-state index in [1.165, 1.54) is 0 Å². The van der Waals surface area contributed by atoms with E-state index < -0.39 is 48.8 Å². The van der Waals surface area contributed by atoms with Gasteiger partial charge < -0.3 is 10.2 Å². The van der Waals surface area contributed by atoms with Crippen LogP contribution in [0.15, 0.2) is 0 Å². The molecule has 2 N–H and O–H groups in total. The lowest BCUT2D eigenvalue weighted by Gasteiger charge is -2.39. The van der Waals surface area contributed by atoms with Gasteiger partial charge in [0.05, 0.1) is 0 Å². The molecule has 0 aliphatic heterocycles. The summed E-state index contributed by atoms with van der Waals surface area (Å²) in [5.41, 5.74) is 0. The number of aliphatic hydroxyl groups excluding tert-OH is 1.